The summed E-state index contributed by atoms with van der Waals surface area (Å²) in [5.74, 6) is 2.31. The van der Waals surface area contributed by atoms with Crippen molar-refractivity contribution in [3.05, 3.63) is 6.33 Å². The van der Waals surface area contributed by atoms with Crippen LogP contribution in [0.4, 0.5) is 11.8 Å². The highest BCUT2D eigenvalue weighted by Gasteiger charge is 2.20. The monoisotopic (exact) mass is 288 g/mol. The number of anilines is 2. The van der Waals surface area contributed by atoms with Gasteiger partial charge in [0, 0.05) is 12.6 Å². The minimum atomic E-state index is 0.495. The molecule has 0 saturated heterocycles. The van der Waals surface area contributed by atoms with Gasteiger partial charge in [0.25, 0.3) is 0 Å². The first-order valence-electron chi connectivity index (χ1n) is 7.97. The van der Waals surface area contributed by atoms with E-state index >= 15 is 0 Å². The Bertz CT molecular complexity index is 593. The normalized spacial score (nSPS) is 22.4. The Labute approximate surface area is 125 Å². The van der Waals surface area contributed by atoms with Crippen molar-refractivity contribution >= 4 is 22.9 Å². The SMILES string of the molecule is CCCNc1nc(NC2CCCC(C)C2)c2[nH]cnc2n1. The largest absolute Gasteiger partial charge is 0.365 e. The number of hydrogen-bond acceptors (Lipinski definition) is 5. The van der Waals surface area contributed by atoms with Crippen LogP contribution in [0.15, 0.2) is 6.33 Å². The van der Waals surface area contributed by atoms with Crippen molar-refractivity contribution in [3.8, 4) is 0 Å². The molecule has 1 fully saturated rings. The maximum absolute atomic E-state index is 4.63. The predicted molar refractivity (Wildman–Crippen MR) is 85.5 cm³/mol. The molecule has 3 N–H and O–H groups in total. The van der Waals surface area contributed by atoms with E-state index in [1.807, 2.05) is 0 Å². The number of nitrogens with one attached hydrogen (secondary N) is 3. The first kappa shape index (κ1) is 14.1. The minimum Gasteiger partial charge on any atom is -0.365 e. The quantitative estimate of drug-likeness (QED) is 0.787. The summed E-state index contributed by atoms with van der Waals surface area (Å²) >= 11 is 0. The van der Waals surface area contributed by atoms with E-state index < -0.39 is 0 Å². The first-order valence-corrected chi connectivity index (χ1v) is 7.97. The van der Waals surface area contributed by atoms with Crippen LogP contribution >= 0.6 is 0 Å². The lowest BCUT2D eigenvalue weighted by Gasteiger charge is -2.28. The number of H-pyrrole nitrogens is 1. The van der Waals surface area contributed by atoms with Gasteiger partial charge in [0.05, 0.1) is 6.33 Å². The van der Waals surface area contributed by atoms with Gasteiger partial charge in [-0.1, -0.05) is 26.7 Å². The van der Waals surface area contributed by atoms with Gasteiger partial charge in [-0.15, -0.1) is 0 Å². The van der Waals surface area contributed by atoms with E-state index in [1.165, 1.54) is 25.7 Å². The Balaban J connectivity index is 1.83. The van der Waals surface area contributed by atoms with Gasteiger partial charge in [0.1, 0.15) is 5.52 Å². The molecule has 6 nitrogen and oxygen atoms in total. The number of rotatable bonds is 5. The van der Waals surface area contributed by atoms with Gasteiger partial charge in [0.2, 0.25) is 5.95 Å². The Hall–Kier alpha value is -1.85. The van der Waals surface area contributed by atoms with Gasteiger partial charge >= 0.3 is 0 Å². The van der Waals surface area contributed by atoms with Crippen molar-refractivity contribution in [2.24, 2.45) is 5.92 Å². The molecule has 3 rings (SSSR count). The molecule has 0 aliphatic heterocycles. The second-order valence-electron chi connectivity index (χ2n) is 6.04. The van der Waals surface area contributed by atoms with Gasteiger partial charge in [-0.2, -0.15) is 9.97 Å². The van der Waals surface area contributed by atoms with E-state index in [0.29, 0.717) is 12.0 Å². The molecular weight excluding hydrogens is 264 g/mol. The third-order valence-corrected chi connectivity index (χ3v) is 4.10. The summed E-state index contributed by atoms with van der Waals surface area (Å²) in [7, 11) is 0. The van der Waals surface area contributed by atoms with Crippen LogP contribution < -0.4 is 10.6 Å². The maximum Gasteiger partial charge on any atom is 0.226 e. The maximum atomic E-state index is 4.63. The first-order chi connectivity index (χ1) is 10.3. The number of aromatic amines is 1. The van der Waals surface area contributed by atoms with Crippen molar-refractivity contribution in [1.29, 1.82) is 0 Å². The van der Waals surface area contributed by atoms with Crippen molar-refractivity contribution < 1.29 is 0 Å². The number of hydrogen-bond donors (Lipinski definition) is 3. The lowest BCUT2D eigenvalue weighted by molar-refractivity contribution is 0.358. The van der Waals surface area contributed by atoms with Crippen molar-refractivity contribution in [3.63, 3.8) is 0 Å². The van der Waals surface area contributed by atoms with E-state index in [0.717, 1.165) is 35.9 Å². The second-order valence-corrected chi connectivity index (χ2v) is 6.04. The molecule has 1 aliphatic rings. The summed E-state index contributed by atoms with van der Waals surface area (Å²) in [5, 5.41) is 6.84. The van der Waals surface area contributed by atoms with Crippen molar-refractivity contribution in [2.75, 3.05) is 17.2 Å². The van der Waals surface area contributed by atoms with Crippen LogP contribution in [-0.4, -0.2) is 32.5 Å². The summed E-state index contributed by atoms with van der Waals surface area (Å²) in [5.41, 5.74) is 1.62. The van der Waals surface area contributed by atoms with E-state index in [9.17, 15) is 0 Å². The van der Waals surface area contributed by atoms with Gasteiger partial charge in [-0.25, -0.2) is 4.98 Å². The Morgan fingerprint density at radius 2 is 2.24 bits per heavy atom. The average Bonchev–Trinajstić information content (AvgIpc) is 2.94. The van der Waals surface area contributed by atoms with Gasteiger partial charge in [-0.05, 0) is 25.2 Å². The molecule has 0 radical (unpaired) electrons. The van der Waals surface area contributed by atoms with Gasteiger partial charge < -0.3 is 15.6 Å². The molecule has 2 unspecified atom stereocenters. The number of fused-ring (bicyclic) bond motifs is 1. The lowest BCUT2D eigenvalue weighted by atomic mass is 9.87. The van der Waals surface area contributed by atoms with Crippen LogP contribution in [0.3, 0.4) is 0 Å². The Kier molecular flexibility index (Phi) is 4.22. The summed E-state index contributed by atoms with van der Waals surface area (Å²) in [6.07, 6.45) is 7.77. The molecule has 0 amide bonds. The summed E-state index contributed by atoms with van der Waals surface area (Å²) < 4.78 is 0. The fraction of sp³-hybridized carbons (Fsp3) is 0.667. The minimum absolute atomic E-state index is 0.495. The zero-order valence-corrected chi connectivity index (χ0v) is 12.8. The number of imidazole rings is 1. The number of nitrogens with zero attached hydrogens (tertiary/aromatic N) is 3. The third kappa shape index (κ3) is 3.25. The Morgan fingerprint density at radius 1 is 1.33 bits per heavy atom. The fourth-order valence-electron chi connectivity index (χ4n) is 3.01. The van der Waals surface area contributed by atoms with Gasteiger partial charge in [-0.3, -0.25) is 0 Å². The smallest absolute Gasteiger partial charge is 0.226 e. The number of aromatic nitrogens is 4. The standard InChI is InChI=1S/C15H24N6/c1-3-7-16-15-20-13-12(17-9-18-13)14(21-15)19-11-6-4-5-10(2)8-11/h9-11H,3-8H2,1-2H3,(H3,16,17,18,19,20,21). The highest BCUT2D eigenvalue weighted by Crippen LogP contribution is 2.27. The molecule has 6 heteroatoms. The van der Waals surface area contributed by atoms with Crippen LogP contribution in [0.1, 0.15) is 46.0 Å². The molecule has 0 aromatic carbocycles. The lowest BCUT2D eigenvalue weighted by Crippen LogP contribution is -2.27. The summed E-state index contributed by atoms with van der Waals surface area (Å²) in [6.45, 7) is 5.33. The van der Waals surface area contributed by atoms with Crippen LogP contribution in [0.2, 0.25) is 0 Å². The molecule has 1 aliphatic carbocycles. The molecule has 2 atom stereocenters. The molecule has 1 saturated carbocycles. The zero-order chi connectivity index (χ0) is 14.7. The molecule has 0 spiro atoms. The molecule has 2 aromatic rings. The zero-order valence-electron chi connectivity index (χ0n) is 12.8. The second kappa shape index (κ2) is 6.28. The van der Waals surface area contributed by atoms with E-state index in [-0.39, 0.29) is 0 Å². The fourth-order valence-corrected chi connectivity index (χ4v) is 3.01. The van der Waals surface area contributed by atoms with Gasteiger partial charge in [0.15, 0.2) is 11.5 Å². The molecule has 0 bridgehead atoms. The highest BCUT2D eigenvalue weighted by atomic mass is 15.2. The van der Waals surface area contributed by atoms with Crippen molar-refractivity contribution in [1.82, 2.24) is 19.9 Å². The molecular formula is C15H24N6. The Morgan fingerprint density at radius 3 is 3.05 bits per heavy atom. The average molecular weight is 288 g/mol. The van der Waals surface area contributed by atoms with Crippen LogP contribution in [0.25, 0.3) is 11.2 Å². The summed E-state index contributed by atoms with van der Waals surface area (Å²) in [4.78, 5) is 16.5. The van der Waals surface area contributed by atoms with Crippen LogP contribution in [0.5, 0.6) is 0 Å². The van der Waals surface area contributed by atoms with E-state index in [4.69, 9.17) is 0 Å². The molecule has 2 aromatic heterocycles. The molecule has 21 heavy (non-hydrogen) atoms. The van der Waals surface area contributed by atoms with Crippen molar-refractivity contribution in [2.45, 2.75) is 52.0 Å². The topological polar surface area (TPSA) is 78.5 Å². The highest BCUT2D eigenvalue weighted by molar-refractivity contribution is 5.83. The third-order valence-electron chi connectivity index (χ3n) is 4.10. The van der Waals surface area contributed by atoms with E-state index in [1.54, 1.807) is 6.33 Å². The van der Waals surface area contributed by atoms with Crippen LogP contribution in [0, 0.1) is 5.92 Å². The molecule has 2 heterocycles. The van der Waals surface area contributed by atoms with E-state index in [2.05, 4.69) is 44.4 Å². The van der Waals surface area contributed by atoms with Crippen LogP contribution in [-0.2, 0) is 0 Å². The predicted octanol–water partition coefficient (Wildman–Crippen LogP) is 3.17. The molecule has 114 valence electrons. The summed E-state index contributed by atoms with van der Waals surface area (Å²) in [6, 6.07) is 0.495.